The van der Waals surface area contributed by atoms with E-state index in [1.54, 1.807) is 27.7 Å². The molecule has 1 heterocycles. The van der Waals surface area contributed by atoms with Gasteiger partial charge in [-0.05, 0) is 63.3 Å². The topological polar surface area (TPSA) is 432 Å². The number of amides is 6. The molecule has 0 aliphatic rings. The predicted molar refractivity (Wildman–Crippen MR) is 230 cm³/mol. The summed E-state index contributed by atoms with van der Waals surface area (Å²) in [5.41, 5.74) is 22.7. The minimum atomic E-state index is -1.75. The Bertz CT molecular complexity index is 1740. The van der Waals surface area contributed by atoms with E-state index in [1.165, 1.54) is 12.5 Å². The lowest BCUT2D eigenvalue weighted by Crippen LogP contribution is -2.60. The van der Waals surface area contributed by atoms with Crippen molar-refractivity contribution >= 4 is 59.3 Å². The number of aliphatic imine (C=N–C) groups is 1. The minimum absolute atomic E-state index is 0.0528. The molecule has 6 amide bonds. The van der Waals surface area contributed by atoms with Gasteiger partial charge in [0.05, 0.1) is 18.8 Å². The Morgan fingerprint density at radius 2 is 1.25 bits per heavy atom. The second-order valence-corrected chi connectivity index (χ2v) is 15.8. The normalized spacial score (nSPS) is 14.8. The van der Waals surface area contributed by atoms with E-state index in [0.717, 1.165) is 0 Å². The molecule has 25 nitrogen and oxygen atoms in total. The first-order valence-electron chi connectivity index (χ1n) is 21.1. The highest BCUT2D eigenvalue weighted by molar-refractivity contribution is 5.98. The molecule has 25 heteroatoms. The fourth-order valence-corrected chi connectivity index (χ4v) is 6.17. The number of aromatic amines is 1. The van der Waals surface area contributed by atoms with Gasteiger partial charge in [-0.2, -0.15) is 0 Å². The number of nitrogens with zero attached hydrogens (tertiary/aromatic N) is 2. The highest BCUT2D eigenvalue weighted by Gasteiger charge is 2.35. The SMILES string of the molecule is CC[C@H](C)[C@H](NC(=O)[C@H](CC(=O)O)NC(=O)[C@H](CC(C)C)NC(=O)[C@H](Cc1cnc[nH]1)NC(=O)[C@H](CCC(=O)O)NC(=O)[C@H](CCCCN)NC(=O)[C@@H](N)CCCN=C(N)N)C(=O)O. The predicted octanol–water partition coefficient (Wildman–Crippen LogP) is -3.11. The molecular weight excluding hydrogens is 843 g/mol. The van der Waals surface area contributed by atoms with Gasteiger partial charge in [-0.1, -0.05) is 34.1 Å². The summed E-state index contributed by atoms with van der Waals surface area (Å²) in [5.74, 6) is -10.7. The molecule has 8 atom stereocenters. The van der Waals surface area contributed by atoms with E-state index in [9.17, 15) is 58.5 Å². The van der Waals surface area contributed by atoms with E-state index in [1.807, 2.05) is 0 Å². The van der Waals surface area contributed by atoms with Gasteiger partial charge >= 0.3 is 17.9 Å². The third kappa shape index (κ3) is 21.6. The molecule has 1 rings (SSSR count). The molecule has 0 fully saturated rings. The van der Waals surface area contributed by atoms with Gasteiger partial charge in [0.25, 0.3) is 0 Å². The van der Waals surface area contributed by atoms with E-state index in [0.29, 0.717) is 31.4 Å². The van der Waals surface area contributed by atoms with Crippen LogP contribution in [0.4, 0.5) is 0 Å². The molecular formula is C39H67N13O12. The van der Waals surface area contributed by atoms with Crippen molar-refractivity contribution in [1.82, 2.24) is 41.9 Å². The van der Waals surface area contributed by atoms with Gasteiger partial charge in [0.15, 0.2) is 5.96 Å². The minimum Gasteiger partial charge on any atom is -0.481 e. The second kappa shape index (κ2) is 29.1. The first kappa shape index (κ1) is 55.6. The lowest BCUT2D eigenvalue weighted by molar-refractivity contribution is -0.145. The number of guanidine groups is 1. The average Bonchev–Trinajstić information content (AvgIpc) is 3.73. The van der Waals surface area contributed by atoms with E-state index in [4.69, 9.17) is 22.9 Å². The van der Waals surface area contributed by atoms with E-state index in [2.05, 4.69) is 46.9 Å². The Morgan fingerprint density at radius 1 is 0.703 bits per heavy atom. The van der Waals surface area contributed by atoms with Gasteiger partial charge in [0.1, 0.15) is 36.3 Å². The van der Waals surface area contributed by atoms with Crippen LogP contribution in [0.25, 0.3) is 0 Å². The summed E-state index contributed by atoms with van der Waals surface area (Å²) in [6.07, 6.45) is 2.13. The Balaban J connectivity index is 3.44. The number of carboxylic acid groups (broad SMARTS) is 3. The van der Waals surface area contributed by atoms with Crippen molar-refractivity contribution < 1.29 is 58.5 Å². The van der Waals surface area contributed by atoms with E-state index < -0.39 is 121 Å². The van der Waals surface area contributed by atoms with Crippen molar-refractivity contribution in [2.75, 3.05) is 13.1 Å². The fraction of sp³-hybridized carbons (Fsp3) is 0.667. The number of nitrogens with one attached hydrogen (secondary N) is 7. The monoisotopic (exact) mass is 910 g/mol. The number of H-pyrrole nitrogens is 1. The van der Waals surface area contributed by atoms with Gasteiger partial charge in [0.2, 0.25) is 35.4 Å². The highest BCUT2D eigenvalue weighted by atomic mass is 16.4. The molecule has 0 unspecified atom stereocenters. The zero-order chi connectivity index (χ0) is 48.5. The number of hydrogen-bond donors (Lipinski definition) is 14. The van der Waals surface area contributed by atoms with Crippen LogP contribution in [0.15, 0.2) is 17.5 Å². The molecule has 0 aliphatic heterocycles. The van der Waals surface area contributed by atoms with Crippen molar-refractivity contribution in [3.8, 4) is 0 Å². The van der Waals surface area contributed by atoms with Crippen LogP contribution in [0.2, 0.25) is 0 Å². The Hall–Kier alpha value is -6.37. The Morgan fingerprint density at radius 3 is 1.78 bits per heavy atom. The highest BCUT2D eigenvalue weighted by Crippen LogP contribution is 2.12. The number of carboxylic acids is 3. The molecule has 360 valence electrons. The Kier molecular flexibility index (Phi) is 25.3. The van der Waals surface area contributed by atoms with Gasteiger partial charge in [-0.25, -0.2) is 9.78 Å². The summed E-state index contributed by atoms with van der Waals surface area (Å²) in [5, 5.41) is 43.4. The molecule has 0 bridgehead atoms. The van der Waals surface area contributed by atoms with Gasteiger partial charge < -0.3 is 75.1 Å². The molecule has 0 aromatic carbocycles. The maximum absolute atomic E-state index is 14.1. The summed E-state index contributed by atoms with van der Waals surface area (Å²) in [6.45, 7) is 7.17. The number of aromatic nitrogens is 2. The Labute approximate surface area is 370 Å². The first-order chi connectivity index (χ1) is 30.1. The van der Waals surface area contributed by atoms with E-state index >= 15 is 0 Å². The fourth-order valence-electron chi connectivity index (χ4n) is 6.17. The van der Waals surface area contributed by atoms with Crippen LogP contribution in [-0.4, -0.2) is 140 Å². The third-order valence-electron chi connectivity index (χ3n) is 9.90. The van der Waals surface area contributed by atoms with Crippen LogP contribution in [0.5, 0.6) is 0 Å². The smallest absolute Gasteiger partial charge is 0.326 e. The third-order valence-corrected chi connectivity index (χ3v) is 9.90. The van der Waals surface area contributed by atoms with Crippen LogP contribution in [0.1, 0.15) is 97.6 Å². The van der Waals surface area contributed by atoms with E-state index in [-0.39, 0.29) is 50.7 Å². The van der Waals surface area contributed by atoms with Crippen molar-refractivity contribution in [2.45, 2.75) is 141 Å². The number of aliphatic carboxylic acids is 3. The van der Waals surface area contributed by atoms with Crippen LogP contribution < -0.4 is 54.8 Å². The van der Waals surface area contributed by atoms with Crippen molar-refractivity contribution in [1.29, 1.82) is 0 Å². The molecule has 0 aliphatic carbocycles. The first-order valence-corrected chi connectivity index (χ1v) is 21.1. The van der Waals surface area contributed by atoms with Gasteiger partial charge in [-0.3, -0.25) is 43.3 Å². The molecule has 18 N–H and O–H groups in total. The quantitative estimate of drug-likeness (QED) is 0.0193. The number of carbonyl (C=O) groups excluding carboxylic acids is 6. The second-order valence-electron chi connectivity index (χ2n) is 15.8. The van der Waals surface area contributed by atoms with Crippen LogP contribution in [0, 0.1) is 11.8 Å². The lowest BCUT2D eigenvalue weighted by atomic mass is 9.98. The number of hydrogen-bond acceptors (Lipinski definition) is 13. The van der Waals surface area contributed by atoms with Crippen molar-refractivity contribution in [3.05, 3.63) is 18.2 Å². The van der Waals surface area contributed by atoms with Crippen molar-refractivity contribution in [2.24, 2.45) is 39.8 Å². The number of carbonyl (C=O) groups is 9. The standard InChI is InChI=1S/C39H67N13O12/c1-5-21(4)31(38(63)64)52-37(62)28(17-30(55)56)51-35(60)26(15-20(2)3)49-36(61)27(16-22-18-44-19-46-22)50-34(59)25(11-12-29(53)54)48-33(58)24(10-6-7-13-40)47-32(57)23(41)9-8-14-45-39(42)43/h18-21,23-28,31H,5-17,40-41H2,1-4H3,(H,44,46)(H,47,57)(H,48,58)(H,49,61)(H,50,59)(H,51,60)(H,52,62)(H,53,54)(H,55,56)(H,63,64)(H4,42,43,45)/t21-,23-,24-,25-,26-,27-,28-,31-/m0/s1. The molecule has 0 spiro atoms. The van der Waals surface area contributed by atoms with Gasteiger partial charge in [-0.15, -0.1) is 0 Å². The lowest BCUT2D eigenvalue weighted by Gasteiger charge is -2.28. The number of imidazole rings is 1. The van der Waals surface area contributed by atoms with Crippen LogP contribution in [0.3, 0.4) is 0 Å². The maximum atomic E-state index is 14.1. The summed E-state index contributed by atoms with van der Waals surface area (Å²) in [6, 6.07) is -9.96. The zero-order valence-electron chi connectivity index (χ0n) is 36.8. The summed E-state index contributed by atoms with van der Waals surface area (Å²) in [7, 11) is 0. The van der Waals surface area contributed by atoms with Crippen LogP contribution in [-0.2, 0) is 49.6 Å². The van der Waals surface area contributed by atoms with Gasteiger partial charge in [0, 0.05) is 31.3 Å². The largest absolute Gasteiger partial charge is 0.481 e. The molecule has 0 radical (unpaired) electrons. The summed E-state index contributed by atoms with van der Waals surface area (Å²) < 4.78 is 0. The number of rotatable bonds is 32. The molecule has 0 saturated carbocycles. The summed E-state index contributed by atoms with van der Waals surface area (Å²) in [4.78, 5) is 128. The number of nitrogens with two attached hydrogens (primary N) is 4. The molecule has 1 aromatic heterocycles. The van der Waals surface area contributed by atoms with Crippen molar-refractivity contribution in [3.63, 3.8) is 0 Å². The zero-order valence-corrected chi connectivity index (χ0v) is 36.8. The van der Waals surface area contributed by atoms with Crippen LogP contribution >= 0.6 is 0 Å². The number of unbranched alkanes of at least 4 members (excludes halogenated alkanes) is 1. The molecule has 0 saturated heterocycles. The maximum Gasteiger partial charge on any atom is 0.326 e. The summed E-state index contributed by atoms with van der Waals surface area (Å²) >= 11 is 0. The average molecular weight is 910 g/mol. The molecule has 64 heavy (non-hydrogen) atoms. The molecule has 1 aromatic rings.